The first-order valence-electron chi connectivity index (χ1n) is 11.3. The summed E-state index contributed by atoms with van der Waals surface area (Å²) in [6.45, 7) is 0. The van der Waals surface area contributed by atoms with Crippen molar-refractivity contribution in [3.05, 3.63) is 35.4 Å². The maximum atomic E-state index is 12.7. The number of carboxylic acids is 1. The molecule has 1 N–H and O–H groups in total. The van der Waals surface area contributed by atoms with Gasteiger partial charge in [0.05, 0.1) is 17.8 Å². The molecule has 2 aliphatic heterocycles. The highest BCUT2D eigenvalue weighted by atomic mass is 16.5. The number of aromatic carboxylic acids is 1. The van der Waals surface area contributed by atoms with E-state index in [4.69, 9.17) is 9.84 Å². The Bertz CT molecular complexity index is 785. The van der Waals surface area contributed by atoms with Crippen LogP contribution in [0.5, 0.6) is 0 Å². The normalized spacial score (nSPS) is 28.8. The van der Waals surface area contributed by atoms with Gasteiger partial charge in [0, 0.05) is 25.1 Å². The molecule has 1 aromatic carbocycles. The second-order valence-electron chi connectivity index (χ2n) is 9.03. The minimum Gasteiger partial charge on any atom is -0.478 e. The number of fused-ring (bicyclic) bond motifs is 2. The Morgan fingerprint density at radius 3 is 2.50 bits per heavy atom. The molecule has 3 fully saturated rings. The fraction of sp³-hybridized carbons (Fsp3) is 0.625. The molecule has 0 spiro atoms. The third-order valence-electron chi connectivity index (χ3n) is 7.14. The van der Waals surface area contributed by atoms with Crippen molar-refractivity contribution in [2.75, 3.05) is 7.05 Å². The Kier molecular flexibility index (Phi) is 6.52. The third kappa shape index (κ3) is 4.59. The van der Waals surface area contributed by atoms with Crippen LogP contribution in [0.2, 0.25) is 0 Å². The summed E-state index contributed by atoms with van der Waals surface area (Å²) in [5.74, 6) is 0.00606. The largest absolute Gasteiger partial charge is 0.478 e. The monoisotopic (exact) mass is 412 g/mol. The van der Waals surface area contributed by atoms with E-state index in [-0.39, 0.29) is 30.0 Å². The molecule has 0 aromatic heterocycles. The average molecular weight is 413 g/mol. The number of hydrazone groups is 1. The summed E-state index contributed by atoms with van der Waals surface area (Å²) < 4.78 is 6.17. The number of ether oxygens (including phenoxy) is 1. The van der Waals surface area contributed by atoms with E-state index in [9.17, 15) is 9.59 Å². The number of carboxylic acid groups (broad SMARTS) is 1. The SMILES string of the molecule is CN(N=C[C@H]1[C@H](CCc2ccc(C(=O)O)cc2)[C@H]2CC[C@@H]1O2)C(=O)C1CCCCC1. The predicted molar refractivity (Wildman–Crippen MR) is 114 cm³/mol. The molecule has 1 aromatic rings. The summed E-state index contributed by atoms with van der Waals surface area (Å²) >= 11 is 0. The van der Waals surface area contributed by atoms with Crippen molar-refractivity contribution < 1.29 is 19.4 Å². The highest BCUT2D eigenvalue weighted by molar-refractivity contribution is 5.87. The first kappa shape index (κ1) is 21.0. The second-order valence-corrected chi connectivity index (χ2v) is 9.03. The first-order chi connectivity index (χ1) is 14.5. The molecule has 4 rings (SSSR count). The van der Waals surface area contributed by atoms with Crippen LogP contribution in [0, 0.1) is 17.8 Å². The van der Waals surface area contributed by atoms with Crippen molar-refractivity contribution in [2.24, 2.45) is 22.9 Å². The zero-order valence-electron chi connectivity index (χ0n) is 17.7. The van der Waals surface area contributed by atoms with Gasteiger partial charge in [-0.3, -0.25) is 4.79 Å². The van der Waals surface area contributed by atoms with Gasteiger partial charge >= 0.3 is 5.97 Å². The number of rotatable bonds is 7. The molecule has 1 amide bonds. The smallest absolute Gasteiger partial charge is 0.335 e. The van der Waals surface area contributed by atoms with Crippen molar-refractivity contribution in [2.45, 2.75) is 70.0 Å². The third-order valence-corrected chi connectivity index (χ3v) is 7.14. The second kappa shape index (κ2) is 9.29. The lowest BCUT2D eigenvalue weighted by molar-refractivity contribution is -0.135. The summed E-state index contributed by atoms with van der Waals surface area (Å²) in [5.41, 5.74) is 1.46. The standard InChI is InChI=1S/C24H32N2O4/c1-26(23(27)17-5-3-2-4-6-17)25-15-20-19(21-13-14-22(20)30-21)12-9-16-7-10-18(11-8-16)24(28)29/h7-8,10-11,15,17,19-22H,2-6,9,12-14H2,1H3,(H,28,29)/t19-,20-,21+,22-/m0/s1. The van der Waals surface area contributed by atoms with Crippen LogP contribution >= 0.6 is 0 Å². The van der Waals surface area contributed by atoms with Crippen molar-refractivity contribution in [1.29, 1.82) is 0 Å². The number of carbonyl (C=O) groups is 2. The van der Waals surface area contributed by atoms with Gasteiger partial charge in [0.1, 0.15) is 0 Å². The minimum atomic E-state index is -0.897. The molecule has 4 atom stereocenters. The molecule has 6 heteroatoms. The molecule has 162 valence electrons. The molecule has 0 unspecified atom stereocenters. The summed E-state index contributed by atoms with van der Waals surface area (Å²) in [7, 11) is 1.78. The van der Waals surface area contributed by atoms with Crippen molar-refractivity contribution >= 4 is 18.1 Å². The Morgan fingerprint density at radius 1 is 1.10 bits per heavy atom. The van der Waals surface area contributed by atoms with E-state index in [1.165, 1.54) is 6.42 Å². The van der Waals surface area contributed by atoms with Crippen LogP contribution in [-0.2, 0) is 16.0 Å². The molecule has 6 nitrogen and oxygen atoms in total. The van der Waals surface area contributed by atoms with Gasteiger partial charge in [-0.15, -0.1) is 0 Å². The van der Waals surface area contributed by atoms with Crippen LogP contribution in [0.3, 0.4) is 0 Å². The summed E-state index contributed by atoms with van der Waals surface area (Å²) in [6.07, 6.45) is 11.9. The highest BCUT2D eigenvalue weighted by Gasteiger charge is 2.47. The number of hydrogen-bond acceptors (Lipinski definition) is 4. The molecule has 2 heterocycles. The molecule has 30 heavy (non-hydrogen) atoms. The fourth-order valence-corrected chi connectivity index (χ4v) is 5.39. The van der Waals surface area contributed by atoms with Gasteiger partial charge in [-0.1, -0.05) is 31.4 Å². The van der Waals surface area contributed by atoms with E-state index in [2.05, 4.69) is 5.10 Å². The van der Waals surface area contributed by atoms with Crippen molar-refractivity contribution in [1.82, 2.24) is 5.01 Å². The molecule has 0 radical (unpaired) electrons. The predicted octanol–water partition coefficient (Wildman–Crippen LogP) is 4.14. The van der Waals surface area contributed by atoms with Crippen molar-refractivity contribution in [3.63, 3.8) is 0 Å². The molecule has 2 saturated heterocycles. The van der Waals surface area contributed by atoms with Crippen LogP contribution in [0.4, 0.5) is 0 Å². The van der Waals surface area contributed by atoms with E-state index < -0.39 is 5.97 Å². The summed E-state index contributed by atoms with van der Waals surface area (Å²) in [6, 6.07) is 7.13. The summed E-state index contributed by atoms with van der Waals surface area (Å²) in [5, 5.41) is 15.1. The van der Waals surface area contributed by atoms with Gasteiger partial charge in [-0.2, -0.15) is 5.10 Å². The Hall–Kier alpha value is -2.21. The zero-order valence-corrected chi connectivity index (χ0v) is 17.7. The Labute approximate surface area is 178 Å². The van der Waals surface area contributed by atoms with Gasteiger partial charge in [-0.25, -0.2) is 9.80 Å². The lowest BCUT2D eigenvalue weighted by Gasteiger charge is -2.26. The number of carbonyl (C=O) groups excluding carboxylic acids is 1. The Balaban J connectivity index is 1.36. The van der Waals surface area contributed by atoms with E-state index in [1.807, 2.05) is 18.3 Å². The van der Waals surface area contributed by atoms with E-state index in [0.717, 1.165) is 56.9 Å². The average Bonchev–Trinajstić information content (AvgIpc) is 3.38. The van der Waals surface area contributed by atoms with Crippen molar-refractivity contribution in [3.8, 4) is 0 Å². The van der Waals surface area contributed by atoms with E-state index in [0.29, 0.717) is 11.5 Å². The van der Waals surface area contributed by atoms with Gasteiger partial charge < -0.3 is 9.84 Å². The minimum absolute atomic E-state index is 0.127. The molecular weight excluding hydrogens is 380 g/mol. The topological polar surface area (TPSA) is 79.2 Å². The van der Waals surface area contributed by atoms with Gasteiger partial charge in [0.15, 0.2) is 0 Å². The quantitative estimate of drug-likeness (QED) is 0.539. The zero-order chi connectivity index (χ0) is 21.1. The van der Waals surface area contributed by atoms with Crippen LogP contribution in [-0.4, -0.2) is 47.5 Å². The van der Waals surface area contributed by atoms with Crippen LogP contribution < -0.4 is 0 Å². The molecule has 2 bridgehead atoms. The number of hydrogen-bond donors (Lipinski definition) is 1. The molecule has 1 saturated carbocycles. The molecule has 3 aliphatic rings. The first-order valence-corrected chi connectivity index (χ1v) is 11.3. The number of benzene rings is 1. The molecule has 1 aliphatic carbocycles. The van der Waals surface area contributed by atoms with Crippen LogP contribution in [0.25, 0.3) is 0 Å². The lowest BCUT2D eigenvalue weighted by atomic mass is 9.77. The number of nitrogens with zero attached hydrogens (tertiary/aromatic N) is 2. The Morgan fingerprint density at radius 2 is 1.80 bits per heavy atom. The maximum Gasteiger partial charge on any atom is 0.335 e. The fourth-order valence-electron chi connectivity index (χ4n) is 5.39. The van der Waals surface area contributed by atoms with Gasteiger partial charge in [-0.05, 0) is 62.1 Å². The van der Waals surface area contributed by atoms with Crippen LogP contribution in [0.15, 0.2) is 29.4 Å². The molecular formula is C24H32N2O4. The highest BCUT2D eigenvalue weighted by Crippen LogP contribution is 2.44. The van der Waals surface area contributed by atoms with E-state index in [1.54, 1.807) is 24.2 Å². The number of aryl methyl sites for hydroxylation is 1. The van der Waals surface area contributed by atoms with Gasteiger partial charge in [0.25, 0.3) is 0 Å². The van der Waals surface area contributed by atoms with E-state index >= 15 is 0 Å². The number of amides is 1. The van der Waals surface area contributed by atoms with Crippen LogP contribution in [0.1, 0.15) is 67.3 Å². The maximum absolute atomic E-state index is 12.7. The lowest BCUT2D eigenvalue weighted by Crippen LogP contribution is -2.33. The summed E-state index contributed by atoms with van der Waals surface area (Å²) in [4.78, 5) is 23.7. The van der Waals surface area contributed by atoms with Gasteiger partial charge in [0.2, 0.25) is 5.91 Å².